The summed E-state index contributed by atoms with van der Waals surface area (Å²) in [6, 6.07) is -4.05. The quantitative estimate of drug-likeness (QED) is 0.222. The van der Waals surface area contributed by atoms with E-state index < -0.39 is 60.2 Å². The van der Waals surface area contributed by atoms with Crippen LogP contribution in [0.15, 0.2) is 0 Å². The third-order valence-electron chi connectivity index (χ3n) is 5.05. The summed E-state index contributed by atoms with van der Waals surface area (Å²) in [6.07, 6.45) is 1.16. The van der Waals surface area contributed by atoms with Gasteiger partial charge in [-0.1, -0.05) is 27.7 Å². The summed E-state index contributed by atoms with van der Waals surface area (Å²) < 4.78 is 0. The van der Waals surface area contributed by atoms with Crippen molar-refractivity contribution in [1.29, 1.82) is 0 Å². The zero-order valence-corrected chi connectivity index (χ0v) is 19.1. The SMILES string of the molecule is CC(C)CC(NC(=O)C(CC(C)C)NC(=O)C(CC(=O)O)NC(=O)C1CCCN1)C(=O)O. The van der Waals surface area contributed by atoms with Gasteiger partial charge < -0.3 is 31.5 Å². The molecule has 0 aromatic heterocycles. The number of aliphatic carboxylic acids is 2. The second kappa shape index (κ2) is 13.0. The van der Waals surface area contributed by atoms with Crippen molar-refractivity contribution in [2.24, 2.45) is 11.8 Å². The highest BCUT2D eigenvalue weighted by Gasteiger charge is 2.32. The van der Waals surface area contributed by atoms with E-state index in [0.29, 0.717) is 13.0 Å². The maximum absolute atomic E-state index is 12.8. The molecule has 11 heteroatoms. The van der Waals surface area contributed by atoms with Crippen LogP contribution in [-0.2, 0) is 24.0 Å². The molecule has 4 unspecified atom stereocenters. The van der Waals surface area contributed by atoms with E-state index in [1.807, 2.05) is 27.7 Å². The lowest BCUT2D eigenvalue weighted by Crippen LogP contribution is -2.57. The first-order chi connectivity index (χ1) is 14.9. The minimum atomic E-state index is -1.37. The first-order valence-electron chi connectivity index (χ1n) is 11.0. The van der Waals surface area contributed by atoms with Crippen LogP contribution < -0.4 is 21.3 Å². The lowest BCUT2D eigenvalue weighted by molar-refractivity contribution is -0.143. The molecule has 0 bridgehead atoms. The van der Waals surface area contributed by atoms with Crippen LogP contribution in [0.1, 0.15) is 59.8 Å². The molecule has 3 amide bonds. The third-order valence-corrected chi connectivity index (χ3v) is 5.05. The molecule has 1 fully saturated rings. The predicted molar refractivity (Wildman–Crippen MR) is 116 cm³/mol. The van der Waals surface area contributed by atoms with Crippen molar-refractivity contribution < 1.29 is 34.2 Å². The fraction of sp³-hybridized carbons (Fsp3) is 0.762. The van der Waals surface area contributed by atoms with E-state index >= 15 is 0 Å². The molecule has 1 aliphatic rings. The first kappa shape index (κ1) is 27.3. The van der Waals surface area contributed by atoms with Crippen LogP contribution >= 0.6 is 0 Å². The molecule has 0 saturated carbocycles. The van der Waals surface area contributed by atoms with Crippen molar-refractivity contribution in [3.8, 4) is 0 Å². The minimum Gasteiger partial charge on any atom is -0.481 e. The molecule has 4 atom stereocenters. The number of carboxylic acids is 2. The van der Waals surface area contributed by atoms with E-state index in [0.717, 1.165) is 6.42 Å². The zero-order chi connectivity index (χ0) is 24.4. The van der Waals surface area contributed by atoms with Crippen LogP contribution in [0.2, 0.25) is 0 Å². The highest BCUT2D eigenvalue weighted by atomic mass is 16.4. The molecule has 1 heterocycles. The monoisotopic (exact) mass is 456 g/mol. The number of carbonyl (C=O) groups is 5. The molecule has 11 nitrogen and oxygen atoms in total. The molecule has 0 spiro atoms. The van der Waals surface area contributed by atoms with E-state index in [2.05, 4.69) is 21.3 Å². The van der Waals surface area contributed by atoms with Crippen molar-refractivity contribution in [3.05, 3.63) is 0 Å². The molecule has 1 saturated heterocycles. The number of hydrogen-bond donors (Lipinski definition) is 6. The maximum Gasteiger partial charge on any atom is 0.326 e. The topological polar surface area (TPSA) is 174 Å². The molecule has 32 heavy (non-hydrogen) atoms. The van der Waals surface area contributed by atoms with E-state index in [4.69, 9.17) is 0 Å². The van der Waals surface area contributed by atoms with Gasteiger partial charge in [-0.05, 0) is 44.1 Å². The van der Waals surface area contributed by atoms with Gasteiger partial charge in [0.25, 0.3) is 0 Å². The summed E-state index contributed by atoms with van der Waals surface area (Å²) in [4.78, 5) is 60.7. The van der Waals surface area contributed by atoms with E-state index in [-0.39, 0.29) is 24.7 Å². The summed E-state index contributed by atoms with van der Waals surface area (Å²) in [5.41, 5.74) is 0. The Kier molecular flexibility index (Phi) is 11.1. The lowest BCUT2D eigenvalue weighted by Gasteiger charge is -2.26. The van der Waals surface area contributed by atoms with Crippen LogP contribution in [0.5, 0.6) is 0 Å². The molecule has 0 aliphatic carbocycles. The molecule has 1 aliphatic heterocycles. The smallest absolute Gasteiger partial charge is 0.326 e. The van der Waals surface area contributed by atoms with Gasteiger partial charge in [-0.15, -0.1) is 0 Å². The van der Waals surface area contributed by atoms with Crippen molar-refractivity contribution >= 4 is 29.7 Å². The number of amides is 3. The third kappa shape index (κ3) is 9.63. The predicted octanol–water partition coefficient (Wildman–Crippen LogP) is -0.156. The summed E-state index contributed by atoms with van der Waals surface area (Å²) in [5, 5.41) is 28.9. The van der Waals surface area contributed by atoms with Gasteiger partial charge in [-0.2, -0.15) is 0 Å². The van der Waals surface area contributed by atoms with E-state index in [1.54, 1.807) is 0 Å². The molecule has 1 rings (SSSR count). The normalized spacial score (nSPS) is 18.6. The molecular formula is C21H36N4O7. The fourth-order valence-electron chi connectivity index (χ4n) is 3.50. The number of rotatable bonds is 13. The van der Waals surface area contributed by atoms with Gasteiger partial charge in [-0.3, -0.25) is 19.2 Å². The van der Waals surface area contributed by atoms with Gasteiger partial charge in [0.05, 0.1) is 12.5 Å². The highest BCUT2D eigenvalue weighted by molar-refractivity contribution is 5.95. The number of hydrogen-bond acceptors (Lipinski definition) is 6. The van der Waals surface area contributed by atoms with Crippen LogP contribution in [0, 0.1) is 11.8 Å². The van der Waals surface area contributed by atoms with Gasteiger partial charge in [-0.25, -0.2) is 4.79 Å². The largest absolute Gasteiger partial charge is 0.481 e. The van der Waals surface area contributed by atoms with Crippen LogP contribution in [0.25, 0.3) is 0 Å². The second-order valence-corrected chi connectivity index (χ2v) is 9.03. The number of carbonyl (C=O) groups excluding carboxylic acids is 3. The van der Waals surface area contributed by atoms with E-state index in [1.165, 1.54) is 0 Å². The average Bonchev–Trinajstić information content (AvgIpc) is 3.20. The lowest BCUT2D eigenvalue weighted by atomic mass is 10.00. The Morgan fingerprint density at radius 1 is 0.844 bits per heavy atom. The summed E-state index contributed by atoms with van der Waals surface area (Å²) in [5.74, 6) is -4.41. The van der Waals surface area contributed by atoms with Crippen LogP contribution in [0.3, 0.4) is 0 Å². The fourth-order valence-corrected chi connectivity index (χ4v) is 3.50. The summed E-state index contributed by atoms with van der Waals surface area (Å²) in [6.45, 7) is 7.97. The van der Waals surface area contributed by atoms with Gasteiger partial charge in [0.2, 0.25) is 17.7 Å². The highest BCUT2D eigenvalue weighted by Crippen LogP contribution is 2.10. The Bertz CT molecular complexity index is 690. The molecule has 182 valence electrons. The summed E-state index contributed by atoms with van der Waals surface area (Å²) in [7, 11) is 0. The second-order valence-electron chi connectivity index (χ2n) is 9.03. The van der Waals surface area contributed by atoms with Crippen molar-refractivity contribution in [1.82, 2.24) is 21.3 Å². The zero-order valence-electron chi connectivity index (χ0n) is 19.1. The minimum absolute atomic E-state index is 0.0189. The molecule has 0 aromatic carbocycles. The standard InChI is InChI=1S/C21H36N4O7/c1-11(2)8-14(19(29)25-16(21(31)32)9-12(3)4)23-20(30)15(10-17(26)27)24-18(28)13-6-5-7-22-13/h11-16,22H,5-10H2,1-4H3,(H,23,30)(H,24,28)(H,25,29)(H,26,27)(H,31,32). The average molecular weight is 457 g/mol. The van der Waals surface area contributed by atoms with Gasteiger partial charge >= 0.3 is 11.9 Å². The first-order valence-corrected chi connectivity index (χ1v) is 11.0. The molecule has 0 aromatic rings. The molecular weight excluding hydrogens is 420 g/mol. The Labute approximate surface area is 188 Å². The Morgan fingerprint density at radius 3 is 1.84 bits per heavy atom. The van der Waals surface area contributed by atoms with Gasteiger partial charge in [0.15, 0.2) is 0 Å². The Hall–Kier alpha value is -2.69. The Morgan fingerprint density at radius 2 is 1.38 bits per heavy atom. The van der Waals surface area contributed by atoms with Crippen LogP contribution in [0.4, 0.5) is 0 Å². The van der Waals surface area contributed by atoms with Crippen molar-refractivity contribution in [3.63, 3.8) is 0 Å². The maximum atomic E-state index is 12.8. The number of nitrogens with one attached hydrogen (secondary N) is 4. The molecule has 0 radical (unpaired) electrons. The Balaban J connectivity index is 2.92. The van der Waals surface area contributed by atoms with Crippen LogP contribution in [-0.4, -0.2) is 70.6 Å². The van der Waals surface area contributed by atoms with Crippen molar-refractivity contribution in [2.45, 2.75) is 84.0 Å². The van der Waals surface area contributed by atoms with E-state index in [9.17, 15) is 34.2 Å². The summed E-state index contributed by atoms with van der Waals surface area (Å²) >= 11 is 0. The van der Waals surface area contributed by atoms with Gasteiger partial charge in [0.1, 0.15) is 18.1 Å². The van der Waals surface area contributed by atoms with Gasteiger partial charge in [0, 0.05) is 0 Å². The number of carboxylic acid groups (broad SMARTS) is 2. The van der Waals surface area contributed by atoms with Crippen molar-refractivity contribution in [2.75, 3.05) is 6.54 Å². The molecule has 6 N–H and O–H groups in total.